The molecule has 122 valence electrons. The summed E-state index contributed by atoms with van der Waals surface area (Å²) in [6.07, 6.45) is 0. The Morgan fingerprint density at radius 2 is 1.83 bits per heavy atom. The van der Waals surface area contributed by atoms with E-state index < -0.39 is 17.7 Å². The van der Waals surface area contributed by atoms with Gasteiger partial charge < -0.3 is 9.64 Å². The first kappa shape index (κ1) is 15.9. The highest BCUT2D eigenvalue weighted by Crippen LogP contribution is 2.27. The summed E-state index contributed by atoms with van der Waals surface area (Å²) >= 11 is 0. The molecule has 0 aromatic heterocycles. The van der Waals surface area contributed by atoms with E-state index in [9.17, 15) is 14.0 Å². The molecule has 0 saturated carbocycles. The predicted octanol–water partition coefficient (Wildman–Crippen LogP) is 2.18. The van der Waals surface area contributed by atoms with Gasteiger partial charge in [0.05, 0.1) is 19.4 Å². The molecule has 0 saturated heterocycles. The SMILES string of the molecule is COC(=O)CN1CC(=O)N=C(c2ccccc2F)c2ccccc21. The molecule has 0 unspecified atom stereocenters. The van der Waals surface area contributed by atoms with Gasteiger partial charge in [0.2, 0.25) is 0 Å². The molecule has 6 heteroatoms. The average molecular weight is 326 g/mol. The van der Waals surface area contributed by atoms with E-state index >= 15 is 0 Å². The molecule has 1 heterocycles. The van der Waals surface area contributed by atoms with Crippen molar-refractivity contribution >= 4 is 23.3 Å². The minimum Gasteiger partial charge on any atom is -0.468 e. The van der Waals surface area contributed by atoms with Crippen molar-refractivity contribution in [2.24, 2.45) is 4.99 Å². The van der Waals surface area contributed by atoms with Crippen LogP contribution in [0.25, 0.3) is 0 Å². The number of halogens is 1. The lowest BCUT2D eigenvalue weighted by Gasteiger charge is -2.22. The first-order valence-electron chi connectivity index (χ1n) is 7.37. The molecule has 24 heavy (non-hydrogen) atoms. The average Bonchev–Trinajstić information content (AvgIpc) is 2.72. The summed E-state index contributed by atoms with van der Waals surface area (Å²) in [5.41, 5.74) is 1.74. The molecule has 2 aromatic carbocycles. The van der Waals surface area contributed by atoms with Crippen LogP contribution in [0.3, 0.4) is 0 Å². The molecule has 0 radical (unpaired) electrons. The Kier molecular flexibility index (Phi) is 4.37. The molecule has 1 aliphatic heterocycles. The quantitative estimate of drug-likeness (QED) is 0.811. The molecule has 0 spiro atoms. The zero-order valence-corrected chi connectivity index (χ0v) is 13.0. The summed E-state index contributed by atoms with van der Waals surface area (Å²) in [7, 11) is 1.29. The summed E-state index contributed by atoms with van der Waals surface area (Å²) < 4.78 is 18.9. The van der Waals surface area contributed by atoms with Crippen LogP contribution in [0.4, 0.5) is 10.1 Å². The second-order valence-corrected chi connectivity index (χ2v) is 5.28. The van der Waals surface area contributed by atoms with Crippen molar-refractivity contribution in [3.63, 3.8) is 0 Å². The van der Waals surface area contributed by atoms with Gasteiger partial charge >= 0.3 is 5.97 Å². The third-order valence-electron chi connectivity index (χ3n) is 3.74. The molecule has 1 aliphatic rings. The number of carbonyl (C=O) groups excluding carboxylic acids is 2. The van der Waals surface area contributed by atoms with Gasteiger partial charge in [-0.05, 0) is 18.2 Å². The highest BCUT2D eigenvalue weighted by atomic mass is 19.1. The van der Waals surface area contributed by atoms with E-state index in [1.54, 1.807) is 47.4 Å². The summed E-state index contributed by atoms with van der Waals surface area (Å²) in [5.74, 6) is -1.37. The Labute approximate surface area is 138 Å². The van der Waals surface area contributed by atoms with Gasteiger partial charge in [-0.2, -0.15) is 0 Å². The molecule has 5 nitrogen and oxygen atoms in total. The predicted molar refractivity (Wildman–Crippen MR) is 87.7 cm³/mol. The van der Waals surface area contributed by atoms with Crippen LogP contribution >= 0.6 is 0 Å². The largest absolute Gasteiger partial charge is 0.468 e. The number of hydrogen-bond acceptors (Lipinski definition) is 4. The normalized spacial score (nSPS) is 13.8. The Hall–Kier alpha value is -3.02. The van der Waals surface area contributed by atoms with Crippen LogP contribution in [0.15, 0.2) is 53.5 Å². The number of carbonyl (C=O) groups is 2. The van der Waals surface area contributed by atoms with Gasteiger partial charge in [-0.15, -0.1) is 0 Å². The van der Waals surface area contributed by atoms with Crippen molar-refractivity contribution in [2.45, 2.75) is 0 Å². The van der Waals surface area contributed by atoms with Gasteiger partial charge in [0, 0.05) is 16.8 Å². The highest BCUT2D eigenvalue weighted by molar-refractivity contribution is 6.21. The molecule has 3 rings (SSSR count). The number of anilines is 1. The maximum atomic E-state index is 14.2. The lowest BCUT2D eigenvalue weighted by molar-refractivity contribution is -0.138. The number of esters is 1. The number of para-hydroxylation sites is 1. The molecule has 0 aliphatic carbocycles. The molecule has 0 bridgehead atoms. The molecular weight excluding hydrogens is 311 g/mol. The lowest BCUT2D eigenvalue weighted by Crippen LogP contribution is -2.34. The fourth-order valence-corrected chi connectivity index (χ4v) is 2.64. The van der Waals surface area contributed by atoms with Crippen molar-refractivity contribution in [2.75, 3.05) is 25.1 Å². The molecule has 0 N–H and O–H groups in total. The minimum atomic E-state index is -0.466. The summed E-state index contributed by atoms with van der Waals surface area (Å²) in [6, 6.07) is 13.3. The van der Waals surface area contributed by atoms with E-state index in [0.717, 1.165) is 0 Å². The monoisotopic (exact) mass is 326 g/mol. The molecule has 0 fully saturated rings. The maximum Gasteiger partial charge on any atom is 0.325 e. The fourth-order valence-electron chi connectivity index (χ4n) is 2.64. The van der Waals surface area contributed by atoms with E-state index in [-0.39, 0.29) is 24.4 Å². The van der Waals surface area contributed by atoms with Gasteiger partial charge in [-0.3, -0.25) is 9.59 Å². The number of ether oxygens (including phenoxy) is 1. The fraction of sp³-hybridized carbons (Fsp3) is 0.167. The van der Waals surface area contributed by atoms with Crippen molar-refractivity contribution in [3.05, 3.63) is 65.5 Å². The van der Waals surface area contributed by atoms with E-state index in [1.165, 1.54) is 13.2 Å². The molecule has 0 atom stereocenters. The third kappa shape index (κ3) is 3.03. The van der Waals surface area contributed by atoms with Gasteiger partial charge in [-0.1, -0.05) is 30.3 Å². The Morgan fingerprint density at radius 3 is 2.54 bits per heavy atom. The number of amides is 1. The summed E-state index contributed by atoms with van der Waals surface area (Å²) in [5, 5.41) is 0. The number of rotatable bonds is 3. The van der Waals surface area contributed by atoms with Crippen LogP contribution < -0.4 is 4.90 Å². The maximum absolute atomic E-state index is 14.2. The Bertz CT molecular complexity index is 833. The van der Waals surface area contributed by atoms with E-state index in [4.69, 9.17) is 0 Å². The van der Waals surface area contributed by atoms with Crippen molar-refractivity contribution < 1.29 is 18.7 Å². The van der Waals surface area contributed by atoms with Crippen LogP contribution in [0, 0.1) is 5.82 Å². The van der Waals surface area contributed by atoms with Crippen molar-refractivity contribution in [1.29, 1.82) is 0 Å². The van der Waals surface area contributed by atoms with E-state index in [0.29, 0.717) is 11.3 Å². The Morgan fingerprint density at radius 1 is 1.17 bits per heavy atom. The number of fused-ring (bicyclic) bond motifs is 1. The van der Waals surface area contributed by atoms with E-state index in [2.05, 4.69) is 9.73 Å². The zero-order chi connectivity index (χ0) is 17.1. The number of benzene rings is 2. The topological polar surface area (TPSA) is 59.0 Å². The van der Waals surface area contributed by atoms with Crippen LogP contribution in [0.1, 0.15) is 11.1 Å². The second-order valence-electron chi connectivity index (χ2n) is 5.28. The van der Waals surface area contributed by atoms with Gasteiger partial charge in [0.15, 0.2) is 0 Å². The van der Waals surface area contributed by atoms with Gasteiger partial charge in [0.1, 0.15) is 12.4 Å². The number of aliphatic imine (C=N–C) groups is 1. The van der Waals surface area contributed by atoms with Crippen molar-refractivity contribution in [3.8, 4) is 0 Å². The highest BCUT2D eigenvalue weighted by Gasteiger charge is 2.25. The number of nitrogens with zero attached hydrogens (tertiary/aromatic N) is 2. The molecule has 1 amide bonds. The number of hydrogen-bond donors (Lipinski definition) is 0. The summed E-state index contributed by atoms with van der Waals surface area (Å²) in [4.78, 5) is 29.5. The van der Waals surface area contributed by atoms with Crippen molar-refractivity contribution in [1.82, 2.24) is 0 Å². The van der Waals surface area contributed by atoms with Gasteiger partial charge in [0.25, 0.3) is 5.91 Å². The smallest absolute Gasteiger partial charge is 0.325 e. The lowest BCUT2D eigenvalue weighted by atomic mass is 10.00. The van der Waals surface area contributed by atoms with E-state index in [1.807, 2.05) is 0 Å². The molecular formula is C18H15FN2O3. The van der Waals surface area contributed by atoms with Crippen LogP contribution in [0.2, 0.25) is 0 Å². The summed E-state index contributed by atoms with van der Waals surface area (Å²) in [6.45, 7) is -0.163. The zero-order valence-electron chi connectivity index (χ0n) is 13.0. The van der Waals surface area contributed by atoms with Crippen LogP contribution in [-0.4, -0.2) is 37.8 Å². The first-order valence-corrected chi connectivity index (χ1v) is 7.37. The Balaban J connectivity index is 2.13. The van der Waals surface area contributed by atoms with Gasteiger partial charge in [-0.25, -0.2) is 9.38 Å². The number of methoxy groups -OCH3 is 1. The number of benzodiazepines with no additional fused rings is 1. The van der Waals surface area contributed by atoms with Crippen LogP contribution in [0.5, 0.6) is 0 Å². The minimum absolute atomic E-state index is 0.0793. The third-order valence-corrected chi connectivity index (χ3v) is 3.74. The second kappa shape index (κ2) is 6.62. The van der Waals surface area contributed by atoms with Crippen LogP contribution in [-0.2, 0) is 14.3 Å². The first-order chi connectivity index (χ1) is 11.6. The standard InChI is InChI=1S/C18H15FN2O3/c1-24-17(23)11-21-10-16(22)20-18(12-6-2-4-8-14(12)19)13-7-3-5-9-15(13)21/h2-9H,10-11H2,1H3. The molecule has 2 aromatic rings.